The van der Waals surface area contributed by atoms with Crippen LogP contribution < -0.4 is 15.1 Å². The van der Waals surface area contributed by atoms with Gasteiger partial charge < -0.3 is 15.1 Å². The molecule has 1 aliphatic rings. The van der Waals surface area contributed by atoms with Gasteiger partial charge in [-0.05, 0) is 30.3 Å². The minimum Gasteiger partial charge on any atom is -0.320 e. The van der Waals surface area contributed by atoms with Gasteiger partial charge in [-0.3, -0.25) is 4.79 Å². The van der Waals surface area contributed by atoms with Crippen LogP contribution in [0.1, 0.15) is 5.01 Å². The predicted octanol–water partition coefficient (Wildman–Crippen LogP) is 1.01. The fourth-order valence-corrected chi connectivity index (χ4v) is 4.75. The third kappa shape index (κ3) is 4.67. The maximum absolute atomic E-state index is 13.8. The van der Waals surface area contributed by atoms with Crippen molar-refractivity contribution in [3.63, 3.8) is 0 Å². The summed E-state index contributed by atoms with van der Waals surface area (Å²) in [7, 11) is 0. The van der Waals surface area contributed by atoms with E-state index in [4.69, 9.17) is 16.6 Å². The number of piperazine rings is 1. The van der Waals surface area contributed by atoms with Crippen LogP contribution in [0.3, 0.4) is 0 Å². The Bertz CT molecular complexity index is 954. The molecular weight excluding hydrogens is 399 g/mol. The minimum absolute atomic E-state index is 0.136. The number of benzene rings is 2. The number of hydrogen-bond acceptors (Lipinski definition) is 3. The molecule has 1 saturated heterocycles. The smallest absolute Gasteiger partial charge is 0.279 e. The molecule has 0 unspecified atom stereocenters. The van der Waals surface area contributed by atoms with E-state index in [1.54, 1.807) is 11.3 Å². The van der Waals surface area contributed by atoms with E-state index in [0.29, 0.717) is 11.6 Å². The molecule has 4 rings (SSSR count). The van der Waals surface area contributed by atoms with E-state index >= 15 is 0 Å². The highest BCUT2D eigenvalue weighted by atomic mass is 35.5. The Labute approximate surface area is 171 Å². The van der Waals surface area contributed by atoms with Crippen LogP contribution in [-0.2, 0) is 11.3 Å². The molecule has 146 valence electrons. The highest BCUT2D eigenvalue weighted by Gasteiger charge is 2.26. The quantitative estimate of drug-likeness (QED) is 0.577. The SMILES string of the molecule is O=C(C[NH+]1CC[NH+](Cc2nc3ccccc3s2)CC1)Nc1cc(Cl)ccc1F. The van der Waals surface area contributed by atoms with Crippen LogP contribution >= 0.6 is 22.9 Å². The molecule has 0 saturated carbocycles. The van der Waals surface area contributed by atoms with Gasteiger partial charge in [0.1, 0.15) is 43.5 Å². The van der Waals surface area contributed by atoms with Crippen molar-refractivity contribution in [3.05, 3.63) is 58.3 Å². The molecule has 1 amide bonds. The van der Waals surface area contributed by atoms with Gasteiger partial charge in [0.2, 0.25) is 0 Å². The molecule has 1 aromatic heterocycles. The van der Waals surface area contributed by atoms with Crippen molar-refractivity contribution in [1.82, 2.24) is 4.98 Å². The number of carbonyl (C=O) groups excluding carboxylic acids is 1. The lowest BCUT2D eigenvalue weighted by Crippen LogP contribution is -3.28. The minimum atomic E-state index is -0.474. The predicted molar refractivity (Wildman–Crippen MR) is 110 cm³/mol. The maximum atomic E-state index is 13.8. The first-order valence-corrected chi connectivity index (χ1v) is 10.5. The number of thiazole rings is 1. The number of nitrogens with one attached hydrogen (secondary N) is 3. The van der Waals surface area contributed by atoms with Gasteiger partial charge in [0.05, 0.1) is 15.9 Å². The standard InChI is InChI=1S/C20H20ClFN4OS/c21-14-5-6-15(22)17(11-14)23-19(27)12-25-7-9-26(10-8-25)13-20-24-16-3-1-2-4-18(16)28-20/h1-6,11H,7-10,12-13H2,(H,23,27)/p+2. The van der Waals surface area contributed by atoms with Crippen molar-refractivity contribution in [1.29, 1.82) is 0 Å². The number of fused-ring (bicyclic) bond motifs is 1. The molecule has 28 heavy (non-hydrogen) atoms. The van der Waals surface area contributed by atoms with Gasteiger partial charge in [-0.25, -0.2) is 9.37 Å². The summed E-state index contributed by atoms with van der Waals surface area (Å²) >= 11 is 7.63. The van der Waals surface area contributed by atoms with Gasteiger partial charge in [0.15, 0.2) is 6.54 Å². The third-order valence-corrected chi connectivity index (χ3v) is 6.29. The summed E-state index contributed by atoms with van der Waals surface area (Å²) in [6, 6.07) is 12.4. The van der Waals surface area contributed by atoms with Crippen LogP contribution in [0.25, 0.3) is 10.2 Å². The average Bonchev–Trinajstić information content (AvgIpc) is 3.08. The number of quaternary nitrogens is 2. The normalized spacial score (nSPS) is 19.6. The number of rotatable bonds is 5. The Balaban J connectivity index is 1.26. The van der Waals surface area contributed by atoms with Crippen LogP contribution in [0.4, 0.5) is 10.1 Å². The van der Waals surface area contributed by atoms with Crippen LogP contribution in [-0.4, -0.2) is 43.6 Å². The zero-order chi connectivity index (χ0) is 19.5. The van der Waals surface area contributed by atoms with Gasteiger partial charge in [0, 0.05) is 5.02 Å². The van der Waals surface area contributed by atoms with Crippen molar-refractivity contribution >= 4 is 44.7 Å². The summed E-state index contributed by atoms with van der Waals surface area (Å²) in [5, 5.41) is 4.19. The average molecular weight is 421 g/mol. The summed E-state index contributed by atoms with van der Waals surface area (Å²) in [5.41, 5.74) is 1.20. The largest absolute Gasteiger partial charge is 0.320 e. The van der Waals surface area contributed by atoms with E-state index in [1.807, 2.05) is 18.2 Å². The first kappa shape index (κ1) is 19.3. The molecule has 0 radical (unpaired) electrons. The van der Waals surface area contributed by atoms with Crippen molar-refractivity contribution < 1.29 is 19.0 Å². The number of aromatic nitrogens is 1. The second-order valence-corrected chi connectivity index (χ2v) is 8.65. The first-order chi connectivity index (χ1) is 13.6. The van der Waals surface area contributed by atoms with Crippen molar-refractivity contribution in [2.45, 2.75) is 6.54 Å². The van der Waals surface area contributed by atoms with Gasteiger partial charge in [-0.1, -0.05) is 23.7 Å². The zero-order valence-electron chi connectivity index (χ0n) is 15.3. The molecule has 0 atom stereocenters. The van der Waals surface area contributed by atoms with E-state index < -0.39 is 5.82 Å². The van der Waals surface area contributed by atoms with E-state index in [1.165, 1.54) is 32.7 Å². The second kappa shape index (κ2) is 8.53. The number of nitrogens with zero attached hydrogens (tertiary/aromatic N) is 1. The number of para-hydroxylation sites is 1. The number of anilines is 1. The number of hydrogen-bond donors (Lipinski definition) is 3. The molecule has 0 bridgehead atoms. The Morgan fingerprint density at radius 1 is 1.14 bits per heavy atom. The molecule has 0 spiro atoms. The van der Waals surface area contributed by atoms with E-state index in [-0.39, 0.29) is 11.6 Å². The summed E-state index contributed by atoms with van der Waals surface area (Å²) in [4.78, 5) is 19.7. The van der Waals surface area contributed by atoms with Gasteiger partial charge >= 0.3 is 0 Å². The van der Waals surface area contributed by atoms with Gasteiger partial charge in [-0.15, -0.1) is 11.3 Å². The van der Waals surface area contributed by atoms with Crippen molar-refractivity contribution in [2.24, 2.45) is 0 Å². The second-order valence-electron chi connectivity index (χ2n) is 7.10. The Morgan fingerprint density at radius 3 is 2.68 bits per heavy atom. The highest BCUT2D eigenvalue weighted by molar-refractivity contribution is 7.18. The number of carbonyl (C=O) groups is 1. The molecule has 1 aliphatic heterocycles. The summed E-state index contributed by atoms with van der Waals surface area (Å²) in [6.07, 6.45) is 0. The molecule has 2 aromatic carbocycles. The summed E-state index contributed by atoms with van der Waals surface area (Å²) in [6.45, 7) is 5.05. The Morgan fingerprint density at radius 2 is 1.89 bits per heavy atom. The fraction of sp³-hybridized carbons (Fsp3) is 0.300. The van der Waals surface area contributed by atoms with Crippen LogP contribution in [0.15, 0.2) is 42.5 Å². The lowest BCUT2D eigenvalue weighted by Gasteiger charge is -2.28. The zero-order valence-corrected chi connectivity index (χ0v) is 16.9. The number of amides is 1. The van der Waals surface area contributed by atoms with Crippen LogP contribution in [0, 0.1) is 5.82 Å². The summed E-state index contributed by atoms with van der Waals surface area (Å²) < 4.78 is 15.0. The Hall–Kier alpha value is -2.06. The lowest BCUT2D eigenvalue weighted by molar-refractivity contribution is -1.01. The van der Waals surface area contributed by atoms with E-state index in [0.717, 1.165) is 43.2 Å². The van der Waals surface area contributed by atoms with Crippen molar-refractivity contribution in [2.75, 3.05) is 38.0 Å². The maximum Gasteiger partial charge on any atom is 0.279 e. The number of halogens is 2. The molecule has 0 aliphatic carbocycles. The van der Waals surface area contributed by atoms with E-state index in [9.17, 15) is 9.18 Å². The first-order valence-electron chi connectivity index (χ1n) is 9.33. The molecule has 1 fully saturated rings. The topological polar surface area (TPSA) is 50.9 Å². The molecule has 3 aromatic rings. The third-order valence-electron chi connectivity index (χ3n) is 5.02. The van der Waals surface area contributed by atoms with Crippen LogP contribution in [0.5, 0.6) is 0 Å². The van der Waals surface area contributed by atoms with Gasteiger partial charge in [0.25, 0.3) is 5.91 Å². The highest BCUT2D eigenvalue weighted by Crippen LogP contribution is 2.21. The molecule has 2 heterocycles. The Kier molecular flexibility index (Phi) is 5.87. The molecule has 3 N–H and O–H groups in total. The monoisotopic (exact) mass is 420 g/mol. The summed E-state index contributed by atoms with van der Waals surface area (Å²) in [5.74, 6) is -0.663. The van der Waals surface area contributed by atoms with Crippen LogP contribution in [0.2, 0.25) is 5.02 Å². The van der Waals surface area contributed by atoms with Gasteiger partial charge in [-0.2, -0.15) is 0 Å². The fourth-order valence-electron chi connectivity index (χ4n) is 3.53. The van der Waals surface area contributed by atoms with Crippen molar-refractivity contribution in [3.8, 4) is 0 Å². The molecule has 8 heteroatoms. The molecular formula is C20H22ClFN4OS+2. The van der Waals surface area contributed by atoms with E-state index in [2.05, 4.69) is 11.4 Å². The molecule has 5 nitrogen and oxygen atoms in total. The lowest BCUT2D eigenvalue weighted by atomic mass is 10.3.